The number of allylic oxidation sites excluding steroid dienone is 1. The molecule has 2 heterocycles. The highest BCUT2D eigenvalue weighted by atomic mass is 32.2. The van der Waals surface area contributed by atoms with E-state index < -0.39 is 5.97 Å². The molecule has 0 saturated heterocycles. The van der Waals surface area contributed by atoms with E-state index in [1.807, 2.05) is 41.8 Å². The van der Waals surface area contributed by atoms with Crippen LogP contribution in [0.4, 0.5) is 10.7 Å². The van der Waals surface area contributed by atoms with Crippen LogP contribution in [0.25, 0.3) is 11.4 Å². The Kier molecular flexibility index (Phi) is 7.38. The molecular formula is C24H27N5O3S2. The molecule has 0 radical (unpaired) electrons. The second kappa shape index (κ2) is 10.4. The lowest BCUT2D eigenvalue weighted by Gasteiger charge is -2.14. The first-order chi connectivity index (χ1) is 16.4. The van der Waals surface area contributed by atoms with Crippen molar-refractivity contribution in [1.82, 2.24) is 14.8 Å². The van der Waals surface area contributed by atoms with E-state index in [0.717, 1.165) is 41.0 Å². The predicted molar refractivity (Wildman–Crippen MR) is 137 cm³/mol. The fraction of sp³-hybridized carbons (Fsp3) is 0.333. The smallest absolute Gasteiger partial charge is 0.341 e. The van der Waals surface area contributed by atoms with Crippen LogP contribution < -0.4 is 10.2 Å². The Morgan fingerprint density at radius 2 is 2.15 bits per heavy atom. The molecule has 1 aromatic carbocycles. The number of thiophene rings is 1. The maximum absolute atomic E-state index is 12.8. The minimum absolute atomic E-state index is 0.135. The quantitative estimate of drug-likeness (QED) is 0.268. The van der Waals surface area contributed by atoms with E-state index in [0.29, 0.717) is 28.1 Å². The summed E-state index contributed by atoms with van der Waals surface area (Å²) < 4.78 is 6.90. The molecule has 0 fully saturated rings. The zero-order valence-corrected chi connectivity index (χ0v) is 21.1. The molecule has 0 spiro atoms. The van der Waals surface area contributed by atoms with E-state index in [1.165, 1.54) is 30.2 Å². The van der Waals surface area contributed by atoms with Crippen molar-refractivity contribution >= 4 is 45.7 Å². The van der Waals surface area contributed by atoms with Gasteiger partial charge in [-0.15, -0.1) is 28.1 Å². The number of anilines is 2. The molecule has 0 aliphatic heterocycles. The molecule has 4 rings (SSSR count). The first kappa shape index (κ1) is 24.0. The van der Waals surface area contributed by atoms with Crippen LogP contribution in [0, 0.1) is 0 Å². The molecule has 10 heteroatoms. The molecule has 1 aliphatic carbocycles. The van der Waals surface area contributed by atoms with Crippen molar-refractivity contribution in [1.29, 1.82) is 0 Å². The maximum atomic E-state index is 12.8. The summed E-state index contributed by atoms with van der Waals surface area (Å²) in [6, 6.07) is 8.05. The first-order valence-electron chi connectivity index (χ1n) is 10.9. The summed E-state index contributed by atoms with van der Waals surface area (Å²) in [6.45, 7) is 4.37. The van der Waals surface area contributed by atoms with E-state index in [1.54, 1.807) is 6.08 Å². The number of methoxy groups -OCH3 is 1. The van der Waals surface area contributed by atoms with Gasteiger partial charge in [0, 0.05) is 36.8 Å². The normalized spacial score (nSPS) is 12.3. The Balaban J connectivity index is 1.50. The fourth-order valence-electron chi connectivity index (χ4n) is 3.93. The van der Waals surface area contributed by atoms with E-state index in [9.17, 15) is 9.59 Å². The van der Waals surface area contributed by atoms with Crippen molar-refractivity contribution < 1.29 is 14.3 Å². The van der Waals surface area contributed by atoms with Crippen LogP contribution in [0.15, 0.2) is 42.1 Å². The number of thioether (sulfide) groups is 1. The minimum Gasteiger partial charge on any atom is -0.465 e. The SMILES string of the molecule is C=CCn1c(SCC(=O)Nc2sc3c(c2C(=O)OC)CCC3)nnc1-c1cccc(N(C)C)c1. The summed E-state index contributed by atoms with van der Waals surface area (Å²) in [5.74, 6) is 0.238. The predicted octanol–water partition coefficient (Wildman–Crippen LogP) is 4.26. The first-order valence-corrected chi connectivity index (χ1v) is 12.7. The minimum atomic E-state index is -0.405. The van der Waals surface area contributed by atoms with Crippen molar-refractivity contribution in [3.63, 3.8) is 0 Å². The highest BCUT2D eigenvalue weighted by molar-refractivity contribution is 7.99. The molecule has 8 nitrogen and oxygen atoms in total. The van der Waals surface area contributed by atoms with Gasteiger partial charge in [0.2, 0.25) is 5.91 Å². The van der Waals surface area contributed by atoms with Gasteiger partial charge in [0.15, 0.2) is 11.0 Å². The van der Waals surface area contributed by atoms with Gasteiger partial charge in [0.05, 0.1) is 18.4 Å². The van der Waals surface area contributed by atoms with Gasteiger partial charge >= 0.3 is 5.97 Å². The van der Waals surface area contributed by atoms with Crippen molar-refractivity contribution in [3.8, 4) is 11.4 Å². The molecule has 178 valence electrons. The van der Waals surface area contributed by atoms with Crippen LogP contribution in [0.2, 0.25) is 0 Å². The molecule has 0 unspecified atom stereocenters. The lowest BCUT2D eigenvalue weighted by molar-refractivity contribution is -0.113. The summed E-state index contributed by atoms with van der Waals surface area (Å²) >= 11 is 2.76. The number of ether oxygens (including phenoxy) is 1. The Morgan fingerprint density at radius 3 is 2.88 bits per heavy atom. The second-order valence-electron chi connectivity index (χ2n) is 8.04. The van der Waals surface area contributed by atoms with Gasteiger partial charge < -0.3 is 15.0 Å². The Hall–Kier alpha value is -3.11. The third kappa shape index (κ3) is 4.88. The number of amides is 1. The summed E-state index contributed by atoms with van der Waals surface area (Å²) in [6.07, 6.45) is 4.57. The van der Waals surface area contributed by atoms with Crippen molar-refractivity contribution in [2.45, 2.75) is 31.0 Å². The lowest BCUT2D eigenvalue weighted by Crippen LogP contribution is -2.16. The molecule has 2 aromatic heterocycles. The van der Waals surface area contributed by atoms with Gasteiger partial charge in [-0.2, -0.15) is 0 Å². The molecule has 0 atom stereocenters. The number of rotatable bonds is 9. The number of esters is 1. The Bertz CT molecular complexity index is 1230. The Morgan fingerprint density at radius 1 is 1.32 bits per heavy atom. The number of hydrogen-bond acceptors (Lipinski definition) is 8. The number of aromatic nitrogens is 3. The summed E-state index contributed by atoms with van der Waals surface area (Å²) in [7, 11) is 5.34. The molecule has 1 amide bonds. The topological polar surface area (TPSA) is 89.3 Å². The van der Waals surface area contributed by atoms with Crippen molar-refractivity contribution in [3.05, 3.63) is 52.9 Å². The molecule has 34 heavy (non-hydrogen) atoms. The number of hydrogen-bond donors (Lipinski definition) is 1. The number of benzene rings is 1. The highest BCUT2D eigenvalue weighted by Gasteiger charge is 2.28. The summed E-state index contributed by atoms with van der Waals surface area (Å²) in [5, 5.41) is 12.8. The number of nitrogens with one attached hydrogen (secondary N) is 1. The number of fused-ring (bicyclic) bond motifs is 1. The van der Waals surface area contributed by atoms with Crippen LogP contribution in [-0.4, -0.2) is 53.6 Å². The zero-order chi connectivity index (χ0) is 24.2. The largest absolute Gasteiger partial charge is 0.465 e. The van der Waals surface area contributed by atoms with E-state index in [2.05, 4.69) is 28.2 Å². The standard InChI is InChI=1S/C24H27N5O3S2/c1-5-12-29-21(15-8-6-9-16(13-15)28(2)3)26-27-24(29)33-14-19(30)25-22-20(23(31)32-4)17-10-7-11-18(17)34-22/h5-6,8-9,13H,1,7,10-12,14H2,2-4H3,(H,25,30). The average molecular weight is 498 g/mol. The van der Waals surface area contributed by atoms with Crippen LogP contribution in [0.5, 0.6) is 0 Å². The third-order valence-corrected chi connectivity index (χ3v) is 7.72. The number of aryl methyl sites for hydroxylation is 1. The number of carbonyl (C=O) groups is 2. The van der Waals surface area contributed by atoms with Gasteiger partial charge in [0.25, 0.3) is 0 Å². The second-order valence-corrected chi connectivity index (χ2v) is 10.1. The zero-order valence-electron chi connectivity index (χ0n) is 19.5. The van der Waals surface area contributed by atoms with Gasteiger partial charge in [-0.1, -0.05) is 30.0 Å². The van der Waals surface area contributed by atoms with Crippen LogP contribution >= 0.6 is 23.1 Å². The van der Waals surface area contributed by atoms with Crippen LogP contribution in [-0.2, 0) is 28.9 Å². The Labute approximate surface area is 207 Å². The molecule has 1 N–H and O–H groups in total. The molecule has 1 aliphatic rings. The van der Waals surface area contributed by atoms with E-state index in [4.69, 9.17) is 4.74 Å². The van der Waals surface area contributed by atoms with Gasteiger partial charge in [-0.3, -0.25) is 9.36 Å². The lowest BCUT2D eigenvalue weighted by atomic mass is 10.1. The third-order valence-electron chi connectivity index (χ3n) is 5.55. The van der Waals surface area contributed by atoms with Crippen LogP contribution in [0.1, 0.15) is 27.2 Å². The number of nitrogens with zero attached hydrogens (tertiary/aromatic N) is 4. The van der Waals surface area contributed by atoms with Crippen LogP contribution in [0.3, 0.4) is 0 Å². The molecule has 3 aromatic rings. The van der Waals surface area contributed by atoms with Gasteiger partial charge in [-0.05, 0) is 37.0 Å². The van der Waals surface area contributed by atoms with E-state index >= 15 is 0 Å². The fourth-order valence-corrected chi connectivity index (χ4v) is 5.97. The highest BCUT2D eigenvalue weighted by Crippen LogP contribution is 2.39. The molecular weight excluding hydrogens is 470 g/mol. The monoisotopic (exact) mass is 497 g/mol. The van der Waals surface area contributed by atoms with Gasteiger partial charge in [-0.25, -0.2) is 4.79 Å². The summed E-state index contributed by atoms with van der Waals surface area (Å²) in [5.41, 5.74) is 3.50. The maximum Gasteiger partial charge on any atom is 0.341 e. The van der Waals surface area contributed by atoms with Gasteiger partial charge in [0.1, 0.15) is 5.00 Å². The summed E-state index contributed by atoms with van der Waals surface area (Å²) in [4.78, 5) is 28.3. The van der Waals surface area contributed by atoms with Crippen molar-refractivity contribution in [2.75, 3.05) is 37.2 Å². The molecule has 0 saturated carbocycles. The van der Waals surface area contributed by atoms with E-state index in [-0.39, 0.29) is 11.7 Å². The van der Waals surface area contributed by atoms with Crippen molar-refractivity contribution in [2.24, 2.45) is 0 Å². The average Bonchev–Trinajstić information content (AvgIpc) is 3.52. The molecule has 0 bridgehead atoms. The number of carbonyl (C=O) groups excluding carboxylic acids is 2.